The molecule has 1 fully saturated rings. The van der Waals surface area contributed by atoms with Gasteiger partial charge < -0.3 is 20.9 Å². The number of hydrogen-bond acceptors (Lipinski definition) is 4. The van der Waals surface area contributed by atoms with E-state index in [0.717, 1.165) is 24.5 Å². The second-order valence-electron chi connectivity index (χ2n) is 9.56. The van der Waals surface area contributed by atoms with Gasteiger partial charge in [-0.05, 0) is 80.2 Å². The second kappa shape index (κ2) is 12.0. The number of likely N-dealkylation sites (tertiary alicyclic amines) is 1. The van der Waals surface area contributed by atoms with Crippen molar-refractivity contribution in [2.75, 3.05) is 26.2 Å². The van der Waals surface area contributed by atoms with Gasteiger partial charge in [0.2, 0.25) is 0 Å². The van der Waals surface area contributed by atoms with Gasteiger partial charge in [0.25, 0.3) is 5.91 Å². The lowest BCUT2D eigenvalue weighted by atomic mass is 9.86. The number of piperidine rings is 1. The van der Waals surface area contributed by atoms with Gasteiger partial charge >= 0.3 is 12.2 Å². The molecule has 0 saturated carbocycles. The highest BCUT2D eigenvalue weighted by atomic mass is 19.4. The van der Waals surface area contributed by atoms with Gasteiger partial charge in [-0.15, -0.1) is 0 Å². The van der Waals surface area contributed by atoms with Gasteiger partial charge in [-0.1, -0.05) is 12.1 Å². The SMILES string of the molecule is N#Cc1cc(F)ccc1C1CCN(CCCNC(=O)C2=C(C(F)(F)F)NC(=O)N[C@@H]2c2ccc(F)c(F)c2)CC1. The van der Waals surface area contributed by atoms with Crippen molar-refractivity contribution in [2.45, 2.75) is 37.4 Å². The van der Waals surface area contributed by atoms with Crippen molar-refractivity contribution in [1.29, 1.82) is 5.26 Å². The number of allylic oxidation sites excluding steroid dienone is 1. The van der Waals surface area contributed by atoms with Gasteiger partial charge in [-0.3, -0.25) is 4.79 Å². The molecule has 2 aliphatic heterocycles. The number of urea groups is 1. The van der Waals surface area contributed by atoms with Gasteiger partial charge in [0.05, 0.1) is 23.2 Å². The number of hydrogen-bond donors (Lipinski definition) is 3. The molecule has 2 aliphatic rings. The van der Waals surface area contributed by atoms with Gasteiger partial charge in [0, 0.05) is 6.54 Å². The molecule has 2 aromatic carbocycles. The average molecular weight is 566 g/mol. The Morgan fingerprint density at radius 3 is 2.45 bits per heavy atom. The van der Waals surface area contributed by atoms with Crippen LogP contribution in [0.1, 0.15) is 47.9 Å². The van der Waals surface area contributed by atoms with Crippen LogP contribution in [0.15, 0.2) is 47.7 Å². The topological polar surface area (TPSA) is 97.3 Å². The van der Waals surface area contributed by atoms with E-state index in [1.807, 2.05) is 6.07 Å². The van der Waals surface area contributed by atoms with Gasteiger partial charge in [0.15, 0.2) is 11.6 Å². The summed E-state index contributed by atoms with van der Waals surface area (Å²) >= 11 is 0. The average Bonchev–Trinajstić information content (AvgIpc) is 2.92. The van der Waals surface area contributed by atoms with Crippen molar-refractivity contribution in [3.05, 3.63) is 81.8 Å². The van der Waals surface area contributed by atoms with E-state index in [4.69, 9.17) is 0 Å². The highest BCUT2D eigenvalue weighted by Crippen LogP contribution is 2.35. The van der Waals surface area contributed by atoms with Crippen LogP contribution in [0.25, 0.3) is 0 Å². The molecule has 0 bridgehead atoms. The molecule has 2 aromatic rings. The number of benzene rings is 2. The molecule has 2 heterocycles. The van der Waals surface area contributed by atoms with Crippen LogP contribution in [0.2, 0.25) is 0 Å². The molecule has 0 radical (unpaired) electrons. The number of rotatable bonds is 7. The summed E-state index contributed by atoms with van der Waals surface area (Å²) in [6.45, 7) is 1.91. The largest absolute Gasteiger partial charge is 0.431 e. The summed E-state index contributed by atoms with van der Waals surface area (Å²) in [6, 6.07) is 5.61. The van der Waals surface area contributed by atoms with E-state index in [1.54, 1.807) is 11.4 Å². The van der Waals surface area contributed by atoms with Crippen LogP contribution in [-0.2, 0) is 4.79 Å². The molecule has 1 atom stereocenters. The smallest absolute Gasteiger partial charge is 0.352 e. The lowest BCUT2D eigenvalue weighted by Gasteiger charge is -2.32. The molecule has 13 heteroatoms. The summed E-state index contributed by atoms with van der Waals surface area (Å²) in [5, 5.41) is 15.5. The Balaban J connectivity index is 1.37. The maximum absolute atomic E-state index is 13.8. The van der Waals surface area contributed by atoms with Crippen LogP contribution in [0, 0.1) is 28.8 Å². The second-order valence-corrected chi connectivity index (χ2v) is 9.56. The van der Waals surface area contributed by atoms with Crippen molar-refractivity contribution in [3.8, 4) is 6.07 Å². The summed E-state index contributed by atoms with van der Waals surface area (Å²) in [6.07, 6.45) is -3.23. The fourth-order valence-corrected chi connectivity index (χ4v) is 5.02. The number of alkyl halides is 3. The number of halogens is 6. The van der Waals surface area contributed by atoms with Crippen molar-refractivity contribution < 1.29 is 35.9 Å². The summed E-state index contributed by atoms with van der Waals surface area (Å²) in [4.78, 5) is 27.0. The van der Waals surface area contributed by atoms with Gasteiger partial charge in [0.1, 0.15) is 11.5 Å². The highest BCUT2D eigenvalue weighted by Gasteiger charge is 2.45. The number of carbonyl (C=O) groups excluding carboxylic acids is 2. The normalized spacial score (nSPS) is 18.6. The van der Waals surface area contributed by atoms with Crippen LogP contribution < -0.4 is 16.0 Å². The number of amides is 3. The lowest BCUT2D eigenvalue weighted by Crippen LogP contribution is -2.50. The molecule has 1 saturated heterocycles. The molecule has 0 spiro atoms. The van der Waals surface area contributed by atoms with E-state index in [2.05, 4.69) is 15.5 Å². The van der Waals surface area contributed by atoms with Crippen LogP contribution in [0.4, 0.5) is 31.1 Å². The van der Waals surface area contributed by atoms with E-state index in [-0.39, 0.29) is 18.0 Å². The third-order valence-corrected chi connectivity index (χ3v) is 6.98. The van der Waals surface area contributed by atoms with E-state index >= 15 is 0 Å². The molecule has 3 amide bonds. The van der Waals surface area contributed by atoms with Crippen molar-refractivity contribution in [1.82, 2.24) is 20.9 Å². The monoisotopic (exact) mass is 565 g/mol. The molecule has 40 heavy (non-hydrogen) atoms. The zero-order valence-electron chi connectivity index (χ0n) is 21.0. The first-order valence-corrected chi connectivity index (χ1v) is 12.5. The van der Waals surface area contributed by atoms with E-state index in [1.165, 1.54) is 12.1 Å². The number of nitrogens with one attached hydrogen (secondary N) is 3. The minimum atomic E-state index is -5.10. The minimum Gasteiger partial charge on any atom is -0.352 e. The summed E-state index contributed by atoms with van der Waals surface area (Å²) < 4.78 is 81.9. The third-order valence-electron chi connectivity index (χ3n) is 6.98. The van der Waals surface area contributed by atoms with Crippen LogP contribution in [0.3, 0.4) is 0 Å². The van der Waals surface area contributed by atoms with Gasteiger partial charge in [-0.2, -0.15) is 18.4 Å². The Bertz CT molecular complexity index is 1360. The standard InChI is InChI=1S/C27H25F6N5O2/c28-18-3-4-19(17(12-18)14-34)15-6-10-38(11-7-15)9-1-8-35-25(39)22-23(16-2-5-20(29)21(30)13-16)36-26(40)37-24(22)27(31,32)33/h2-5,12-13,15,23H,1,6-11H2,(H,35,39)(H2,36,37,40)/t23-/m1/s1. The Kier molecular flexibility index (Phi) is 8.68. The molecule has 0 aliphatic carbocycles. The predicted molar refractivity (Wildman–Crippen MR) is 131 cm³/mol. The van der Waals surface area contributed by atoms with Crippen LogP contribution in [0.5, 0.6) is 0 Å². The first-order chi connectivity index (χ1) is 19.0. The van der Waals surface area contributed by atoms with Crippen LogP contribution >= 0.6 is 0 Å². The zero-order chi connectivity index (χ0) is 29.0. The van der Waals surface area contributed by atoms with Crippen LogP contribution in [-0.4, -0.2) is 49.2 Å². The maximum Gasteiger partial charge on any atom is 0.431 e. The molecule has 7 nitrogen and oxygen atoms in total. The molecular weight excluding hydrogens is 540 g/mol. The van der Waals surface area contributed by atoms with Gasteiger partial charge in [-0.25, -0.2) is 18.0 Å². The zero-order valence-corrected chi connectivity index (χ0v) is 21.0. The Morgan fingerprint density at radius 2 is 1.80 bits per heavy atom. The molecule has 0 unspecified atom stereocenters. The van der Waals surface area contributed by atoms with E-state index in [9.17, 15) is 41.2 Å². The lowest BCUT2D eigenvalue weighted by molar-refractivity contribution is -0.120. The predicted octanol–water partition coefficient (Wildman–Crippen LogP) is 4.53. The Hall–Kier alpha value is -4.05. The summed E-state index contributed by atoms with van der Waals surface area (Å²) in [5.41, 5.74) is -1.57. The van der Waals surface area contributed by atoms with Crippen molar-refractivity contribution in [2.24, 2.45) is 0 Å². The maximum atomic E-state index is 13.8. The third kappa shape index (κ3) is 6.56. The molecular formula is C27H25F6N5O2. The van der Waals surface area contributed by atoms with E-state index < -0.39 is 52.9 Å². The number of nitriles is 1. The first-order valence-electron chi connectivity index (χ1n) is 12.5. The quantitative estimate of drug-likeness (QED) is 0.340. The fraction of sp³-hybridized carbons (Fsp3) is 0.370. The number of carbonyl (C=O) groups is 2. The van der Waals surface area contributed by atoms with Crippen molar-refractivity contribution >= 4 is 11.9 Å². The van der Waals surface area contributed by atoms with E-state index in [0.29, 0.717) is 43.8 Å². The summed E-state index contributed by atoms with van der Waals surface area (Å²) in [5.74, 6) is -4.07. The fourth-order valence-electron chi connectivity index (χ4n) is 5.02. The summed E-state index contributed by atoms with van der Waals surface area (Å²) in [7, 11) is 0. The Labute approximate surface area is 225 Å². The molecule has 212 valence electrons. The Morgan fingerprint density at radius 1 is 1.07 bits per heavy atom. The molecule has 4 rings (SSSR count). The highest BCUT2D eigenvalue weighted by molar-refractivity contribution is 5.99. The van der Waals surface area contributed by atoms with Crippen molar-refractivity contribution in [3.63, 3.8) is 0 Å². The minimum absolute atomic E-state index is 0.0163. The molecule has 0 aromatic heterocycles. The number of nitrogens with zero attached hydrogens (tertiary/aromatic N) is 2. The first kappa shape index (κ1) is 28.9. The molecule has 3 N–H and O–H groups in total.